The van der Waals surface area contributed by atoms with Crippen LogP contribution >= 0.6 is 23.2 Å². The number of nitrogens with zero attached hydrogens (tertiary/aromatic N) is 1. The van der Waals surface area contributed by atoms with E-state index in [0.29, 0.717) is 17.0 Å². The molecule has 0 aliphatic carbocycles. The summed E-state index contributed by atoms with van der Waals surface area (Å²) in [7, 11) is -0.868. The third kappa shape index (κ3) is 4.70. The molecule has 0 fully saturated rings. The normalized spacial score (nSPS) is 11.1. The molecular formula is C21H18Cl2N2O4S. The number of rotatable bonds is 6. The largest absolute Gasteiger partial charge is 0.495 e. The van der Waals surface area contributed by atoms with Crippen LogP contribution in [0, 0.1) is 0 Å². The number of amides is 1. The van der Waals surface area contributed by atoms with Crippen molar-refractivity contribution in [3.8, 4) is 5.75 Å². The molecule has 30 heavy (non-hydrogen) atoms. The van der Waals surface area contributed by atoms with E-state index in [1.165, 1.54) is 42.3 Å². The smallest absolute Gasteiger partial charge is 0.263 e. The van der Waals surface area contributed by atoms with Gasteiger partial charge in [-0.1, -0.05) is 41.4 Å². The second-order valence-electron chi connectivity index (χ2n) is 6.30. The molecule has 0 saturated carbocycles. The summed E-state index contributed by atoms with van der Waals surface area (Å²) < 4.78 is 33.2. The van der Waals surface area contributed by atoms with Crippen LogP contribution in [0.25, 0.3) is 0 Å². The summed E-state index contributed by atoms with van der Waals surface area (Å²) in [5, 5.41) is 0.275. The molecule has 1 amide bonds. The van der Waals surface area contributed by atoms with Crippen LogP contribution in [0.5, 0.6) is 5.75 Å². The molecule has 0 unspecified atom stereocenters. The monoisotopic (exact) mass is 464 g/mol. The van der Waals surface area contributed by atoms with Gasteiger partial charge in [-0.15, -0.1) is 0 Å². The van der Waals surface area contributed by atoms with E-state index in [1.807, 2.05) is 0 Å². The van der Waals surface area contributed by atoms with Crippen LogP contribution < -0.4 is 14.4 Å². The van der Waals surface area contributed by atoms with Crippen molar-refractivity contribution in [1.82, 2.24) is 0 Å². The number of benzene rings is 3. The van der Waals surface area contributed by atoms with Crippen LogP contribution in [-0.4, -0.2) is 28.5 Å². The van der Waals surface area contributed by atoms with E-state index < -0.39 is 10.0 Å². The number of carbonyl (C=O) groups is 1. The Bertz CT molecular complexity index is 1200. The van der Waals surface area contributed by atoms with Crippen molar-refractivity contribution in [3.05, 3.63) is 82.3 Å². The summed E-state index contributed by atoms with van der Waals surface area (Å²) in [6.45, 7) is 0. The Hall–Kier alpha value is -2.74. The van der Waals surface area contributed by atoms with Gasteiger partial charge in [0.1, 0.15) is 10.6 Å². The lowest BCUT2D eigenvalue weighted by Gasteiger charge is -2.20. The molecule has 3 rings (SSSR count). The zero-order valence-electron chi connectivity index (χ0n) is 16.1. The third-order valence-corrected chi connectivity index (χ3v) is 6.39. The Morgan fingerprint density at radius 3 is 2.47 bits per heavy atom. The maximum Gasteiger partial charge on any atom is 0.263 e. The summed E-state index contributed by atoms with van der Waals surface area (Å²) in [6.07, 6.45) is 0. The number of sulfonamides is 1. The average molecular weight is 465 g/mol. The van der Waals surface area contributed by atoms with E-state index in [-0.39, 0.29) is 26.5 Å². The number of hydrogen-bond donors (Lipinski definition) is 1. The topological polar surface area (TPSA) is 75.7 Å². The van der Waals surface area contributed by atoms with Crippen LogP contribution in [0.2, 0.25) is 10.0 Å². The highest BCUT2D eigenvalue weighted by molar-refractivity contribution is 7.92. The molecule has 0 atom stereocenters. The lowest BCUT2D eigenvalue weighted by atomic mass is 10.1. The predicted octanol–water partition coefficient (Wildman–Crippen LogP) is 5.08. The second-order valence-corrected chi connectivity index (χ2v) is 8.79. The number of halogens is 2. The van der Waals surface area contributed by atoms with E-state index in [9.17, 15) is 13.2 Å². The van der Waals surface area contributed by atoms with Crippen molar-refractivity contribution in [1.29, 1.82) is 0 Å². The molecule has 156 valence electrons. The highest BCUT2D eigenvalue weighted by atomic mass is 35.5. The molecule has 3 aromatic rings. The second kappa shape index (κ2) is 8.95. The first kappa shape index (κ1) is 22.0. The Morgan fingerprint density at radius 1 is 1.00 bits per heavy atom. The molecule has 1 N–H and O–H groups in total. The van der Waals surface area contributed by atoms with E-state index in [0.717, 1.165) is 0 Å². The van der Waals surface area contributed by atoms with Crippen LogP contribution in [0.4, 0.5) is 11.4 Å². The summed E-state index contributed by atoms with van der Waals surface area (Å²) in [5.74, 6) is 0.210. The zero-order chi connectivity index (χ0) is 21.9. The van der Waals surface area contributed by atoms with Crippen LogP contribution in [0.3, 0.4) is 0 Å². The maximum absolute atomic E-state index is 13.0. The Balaban J connectivity index is 1.89. The molecule has 0 aliphatic rings. The number of methoxy groups -OCH3 is 1. The number of nitrogens with one attached hydrogen (secondary N) is 1. The van der Waals surface area contributed by atoms with E-state index in [2.05, 4.69) is 4.72 Å². The lowest BCUT2D eigenvalue weighted by molar-refractivity contribution is 0.0992. The first-order chi connectivity index (χ1) is 14.2. The van der Waals surface area contributed by atoms with E-state index in [4.69, 9.17) is 27.9 Å². The SMILES string of the molecule is COc1ccccc1N(C)C(=O)c1cccc(NS(=O)(=O)c2cc(Cl)ccc2Cl)c1. The first-order valence-corrected chi connectivity index (χ1v) is 11.0. The van der Waals surface area contributed by atoms with Gasteiger partial charge in [0.15, 0.2) is 0 Å². The number of anilines is 2. The molecular weight excluding hydrogens is 447 g/mol. The van der Waals surface area contributed by atoms with Gasteiger partial charge in [-0.05, 0) is 48.5 Å². The van der Waals surface area contributed by atoms with Crippen molar-refractivity contribution >= 4 is 50.5 Å². The highest BCUT2D eigenvalue weighted by Crippen LogP contribution is 2.29. The van der Waals surface area contributed by atoms with Crippen molar-refractivity contribution in [2.45, 2.75) is 4.90 Å². The molecule has 9 heteroatoms. The zero-order valence-corrected chi connectivity index (χ0v) is 18.4. The number of carbonyl (C=O) groups excluding carboxylic acids is 1. The minimum atomic E-state index is -4.00. The summed E-state index contributed by atoms with van der Waals surface area (Å²) in [5.41, 5.74) is 1.09. The van der Waals surface area contributed by atoms with Gasteiger partial charge >= 0.3 is 0 Å². The number of ether oxygens (including phenoxy) is 1. The Labute approximate surface area is 185 Å². The minimum absolute atomic E-state index is 0.0371. The van der Waals surface area contributed by atoms with Gasteiger partial charge in [-0.25, -0.2) is 8.42 Å². The fourth-order valence-electron chi connectivity index (χ4n) is 2.82. The highest BCUT2D eigenvalue weighted by Gasteiger charge is 2.21. The predicted molar refractivity (Wildman–Crippen MR) is 119 cm³/mol. The number of para-hydroxylation sites is 2. The molecule has 0 bridgehead atoms. The van der Waals surface area contributed by atoms with Gasteiger partial charge in [0.25, 0.3) is 15.9 Å². The molecule has 0 aliphatic heterocycles. The maximum atomic E-state index is 13.0. The van der Waals surface area contributed by atoms with E-state index in [1.54, 1.807) is 43.4 Å². The molecule has 0 spiro atoms. The van der Waals surface area contributed by atoms with Crippen molar-refractivity contribution in [3.63, 3.8) is 0 Å². The van der Waals surface area contributed by atoms with Crippen LogP contribution in [-0.2, 0) is 10.0 Å². The minimum Gasteiger partial charge on any atom is -0.495 e. The van der Waals surface area contributed by atoms with Gasteiger partial charge in [-0.3, -0.25) is 9.52 Å². The summed E-state index contributed by atoms with van der Waals surface area (Å²) in [4.78, 5) is 14.2. The van der Waals surface area contributed by atoms with E-state index >= 15 is 0 Å². The fraction of sp³-hybridized carbons (Fsp3) is 0.0952. The Morgan fingerprint density at radius 2 is 1.73 bits per heavy atom. The quantitative estimate of drug-likeness (QED) is 0.551. The lowest BCUT2D eigenvalue weighted by Crippen LogP contribution is -2.26. The molecule has 0 saturated heterocycles. The van der Waals surface area contributed by atoms with Gasteiger partial charge < -0.3 is 9.64 Å². The van der Waals surface area contributed by atoms with Gasteiger partial charge in [-0.2, -0.15) is 0 Å². The molecule has 0 heterocycles. The van der Waals surface area contributed by atoms with Crippen LogP contribution in [0.15, 0.2) is 71.6 Å². The van der Waals surface area contributed by atoms with Gasteiger partial charge in [0, 0.05) is 23.3 Å². The van der Waals surface area contributed by atoms with Gasteiger partial charge in [0.05, 0.1) is 17.8 Å². The molecule has 6 nitrogen and oxygen atoms in total. The summed E-state index contributed by atoms with van der Waals surface area (Å²) in [6, 6.07) is 17.4. The molecule has 3 aromatic carbocycles. The fourth-order valence-corrected chi connectivity index (χ4v) is 4.63. The standard InChI is InChI=1S/C21H18Cl2N2O4S/c1-25(18-8-3-4-9-19(18)29-2)21(26)14-6-5-7-16(12-14)24-30(27,28)20-13-15(22)10-11-17(20)23/h3-13,24H,1-2H3. The molecule has 0 aromatic heterocycles. The third-order valence-electron chi connectivity index (χ3n) is 4.30. The van der Waals surface area contributed by atoms with Gasteiger partial charge in [0.2, 0.25) is 0 Å². The van der Waals surface area contributed by atoms with Crippen molar-refractivity contribution in [2.24, 2.45) is 0 Å². The number of hydrogen-bond acceptors (Lipinski definition) is 4. The molecule has 0 radical (unpaired) electrons. The first-order valence-electron chi connectivity index (χ1n) is 8.72. The van der Waals surface area contributed by atoms with Crippen molar-refractivity contribution in [2.75, 3.05) is 23.8 Å². The average Bonchev–Trinajstić information content (AvgIpc) is 2.74. The van der Waals surface area contributed by atoms with Crippen LogP contribution in [0.1, 0.15) is 10.4 Å². The Kier molecular flexibility index (Phi) is 6.55. The van der Waals surface area contributed by atoms with Crippen molar-refractivity contribution < 1.29 is 17.9 Å². The summed E-state index contributed by atoms with van der Waals surface area (Å²) >= 11 is 11.9.